The van der Waals surface area contributed by atoms with Crippen LogP contribution in [0.2, 0.25) is 0 Å². The zero-order chi connectivity index (χ0) is 22.0. The summed E-state index contributed by atoms with van der Waals surface area (Å²) in [5, 5.41) is 2.73. The minimum atomic E-state index is -4.17. The largest absolute Gasteiger partial charge is 0.355 e. The van der Waals surface area contributed by atoms with Gasteiger partial charge in [-0.15, -0.1) is 11.8 Å². The molecule has 0 bridgehead atoms. The van der Waals surface area contributed by atoms with Gasteiger partial charge in [-0.1, -0.05) is 12.1 Å². The number of sulfonamides is 1. The van der Waals surface area contributed by atoms with Crippen LogP contribution in [0.1, 0.15) is 12.8 Å². The van der Waals surface area contributed by atoms with Gasteiger partial charge in [-0.3, -0.25) is 4.79 Å². The molecule has 0 saturated carbocycles. The number of nitrogens with one attached hydrogen (secondary N) is 2. The molecule has 1 amide bonds. The summed E-state index contributed by atoms with van der Waals surface area (Å²) >= 11 is 3.02. The van der Waals surface area contributed by atoms with E-state index in [1.165, 1.54) is 47.8 Å². The van der Waals surface area contributed by atoms with Crippen LogP contribution in [0.5, 0.6) is 0 Å². The Labute approximate surface area is 184 Å². The van der Waals surface area contributed by atoms with Crippen molar-refractivity contribution in [3.63, 3.8) is 0 Å². The van der Waals surface area contributed by atoms with Gasteiger partial charge in [0.05, 0.1) is 0 Å². The third-order valence-electron chi connectivity index (χ3n) is 4.05. The standard InChI is InChI=1S/C20H24F2N2O3S3/c1-28-14-11-18(24-30(26,27)19-6-3-2-5-17(19)22)20(25)23-12-4-13-29-16-9-7-15(21)8-10-16/h2-3,5-10,18,24H,4,11-14H2,1H3,(H,23,25). The van der Waals surface area contributed by atoms with Gasteiger partial charge in [-0.25, -0.2) is 17.2 Å². The highest BCUT2D eigenvalue weighted by Gasteiger charge is 2.27. The van der Waals surface area contributed by atoms with Crippen LogP contribution in [0.3, 0.4) is 0 Å². The Bertz CT molecular complexity index is 925. The summed E-state index contributed by atoms with van der Waals surface area (Å²) in [6.07, 6.45) is 2.79. The van der Waals surface area contributed by atoms with Gasteiger partial charge in [0, 0.05) is 11.4 Å². The molecule has 0 aliphatic rings. The van der Waals surface area contributed by atoms with Crippen molar-refractivity contribution < 1.29 is 22.0 Å². The van der Waals surface area contributed by atoms with E-state index in [1.54, 1.807) is 12.1 Å². The summed E-state index contributed by atoms with van der Waals surface area (Å²) in [6.45, 7) is 0.365. The lowest BCUT2D eigenvalue weighted by atomic mass is 10.2. The lowest BCUT2D eigenvalue weighted by molar-refractivity contribution is -0.122. The smallest absolute Gasteiger partial charge is 0.244 e. The Kier molecular flexibility index (Phi) is 10.1. The van der Waals surface area contributed by atoms with Crippen LogP contribution in [0, 0.1) is 11.6 Å². The Hall–Kier alpha value is -1.62. The van der Waals surface area contributed by atoms with Gasteiger partial charge in [-0.05, 0) is 67.0 Å². The fraction of sp³-hybridized carbons (Fsp3) is 0.350. The Morgan fingerprint density at radius 3 is 2.43 bits per heavy atom. The maximum absolute atomic E-state index is 13.9. The minimum absolute atomic E-state index is 0.283. The van der Waals surface area contributed by atoms with Gasteiger partial charge in [0.1, 0.15) is 22.6 Å². The average molecular weight is 475 g/mol. The fourth-order valence-corrected chi connectivity index (χ4v) is 5.15. The molecule has 0 spiro atoms. The molecule has 10 heteroatoms. The van der Waals surface area contributed by atoms with Crippen molar-refractivity contribution in [2.75, 3.05) is 24.3 Å². The zero-order valence-electron chi connectivity index (χ0n) is 16.4. The number of hydrogen-bond acceptors (Lipinski definition) is 5. The number of carbonyl (C=O) groups excluding carboxylic acids is 1. The second kappa shape index (κ2) is 12.3. The molecule has 0 aliphatic heterocycles. The van der Waals surface area contributed by atoms with Crippen molar-refractivity contribution in [2.24, 2.45) is 0 Å². The van der Waals surface area contributed by atoms with Gasteiger partial charge in [0.25, 0.3) is 0 Å². The highest BCUT2D eigenvalue weighted by atomic mass is 32.2. The fourth-order valence-electron chi connectivity index (χ4n) is 2.52. The molecule has 2 aromatic carbocycles. The maximum atomic E-state index is 13.9. The van der Waals surface area contributed by atoms with E-state index in [0.717, 1.165) is 17.0 Å². The van der Waals surface area contributed by atoms with Crippen LogP contribution < -0.4 is 10.0 Å². The lowest BCUT2D eigenvalue weighted by Gasteiger charge is -2.18. The highest BCUT2D eigenvalue weighted by Crippen LogP contribution is 2.18. The monoisotopic (exact) mass is 474 g/mol. The predicted octanol–water partition coefficient (Wildman–Crippen LogP) is 3.66. The minimum Gasteiger partial charge on any atom is -0.355 e. The maximum Gasteiger partial charge on any atom is 0.244 e. The van der Waals surface area contributed by atoms with Crippen molar-refractivity contribution in [3.8, 4) is 0 Å². The lowest BCUT2D eigenvalue weighted by Crippen LogP contribution is -2.47. The average Bonchev–Trinajstić information content (AvgIpc) is 2.72. The summed E-state index contributed by atoms with van der Waals surface area (Å²) < 4.78 is 54.2. The molecule has 1 unspecified atom stereocenters. The predicted molar refractivity (Wildman–Crippen MR) is 118 cm³/mol. The SMILES string of the molecule is CSCCC(NS(=O)(=O)c1ccccc1F)C(=O)NCCCSc1ccc(F)cc1. The van der Waals surface area contributed by atoms with Gasteiger partial charge in [0.15, 0.2) is 0 Å². The van der Waals surface area contributed by atoms with Crippen LogP contribution in [0.4, 0.5) is 8.78 Å². The topological polar surface area (TPSA) is 75.3 Å². The molecule has 0 radical (unpaired) electrons. The van der Waals surface area contributed by atoms with Crippen molar-refractivity contribution in [3.05, 3.63) is 60.2 Å². The molecule has 0 aliphatic carbocycles. The molecular weight excluding hydrogens is 450 g/mol. The van der Waals surface area contributed by atoms with Crippen molar-refractivity contribution in [1.29, 1.82) is 0 Å². The quantitative estimate of drug-likeness (QED) is 0.363. The van der Waals surface area contributed by atoms with E-state index >= 15 is 0 Å². The Morgan fingerprint density at radius 2 is 1.77 bits per heavy atom. The molecule has 164 valence electrons. The third-order valence-corrected chi connectivity index (χ3v) is 7.30. The van der Waals surface area contributed by atoms with Gasteiger partial charge >= 0.3 is 0 Å². The van der Waals surface area contributed by atoms with E-state index in [-0.39, 0.29) is 12.2 Å². The van der Waals surface area contributed by atoms with E-state index < -0.39 is 32.7 Å². The zero-order valence-corrected chi connectivity index (χ0v) is 18.9. The second-order valence-electron chi connectivity index (χ2n) is 6.33. The van der Waals surface area contributed by atoms with Crippen LogP contribution in [0.15, 0.2) is 58.3 Å². The van der Waals surface area contributed by atoms with Crippen LogP contribution in [0.25, 0.3) is 0 Å². The molecule has 5 nitrogen and oxygen atoms in total. The highest BCUT2D eigenvalue weighted by molar-refractivity contribution is 7.99. The first kappa shape index (κ1) is 24.6. The molecule has 2 N–H and O–H groups in total. The van der Waals surface area contributed by atoms with Crippen LogP contribution >= 0.6 is 23.5 Å². The number of carbonyl (C=O) groups is 1. The molecular formula is C20H24F2N2O3S3. The summed E-state index contributed by atoms with van der Waals surface area (Å²) in [4.78, 5) is 13.0. The van der Waals surface area contributed by atoms with Crippen LogP contribution in [-0.4, -0.2) is 44.7 Å². The summed E-state index contributed by atoms with van der Waals surface area (Å²) in [7, 11) is -4.17. The molecule has 0 fully saturated rings. The van der Waals surface area contributed by atoms with Gasteiger partial charge in [-0.2, -0.15) is 16.5 Å². The normalized spacial score (nSPS) is 12.5. The number of amides is 1. The number of rotatable bonds is 12. The Morgan fingerprint density at radius 1 is 1.07 bits per heavy atom. The number of halogens is 2. The third kappa shape index (κ3) is 7.90. The molecule has 0 aromatic heterocycles. The molecule has 0 saturated heterocycles. The van der Waals surface area contributed by atoms with Crippen molar-refractivity contribution in [1.82, 2.24) is 10.0 Å². The number of hydrogen-bond donors (Lipinski definition) is 2. The second-order valence-corrected chi connectivity index (χ2v) is 10.2. The van der Waals surface area contributed by atoms with E-state index in [1.807, 2.05) is 6.26 Å². The van der Waals surface area contributed by atoms with E-state index in [0.29, 0.717) is 24.5 Å². The summed E-state index contributed by atoms with van der Waals surface area (Å²) in [5.41, 5.74) is 0. The number of benzene rings is 2. The number of thioether (sulfide) groups is 2. The molecule has 0 heterocycles. The summed E-state index contributed by atoms with van der Waals surface area (Å²) in [6, 6.07) is 10.2. The first-order chi connectivity index (χ1) is 14.3. The molecule has 1 atom stereocenters. The molecule has 2 rings (SSSR count). The first-order valence-corrected chi connectivity index (χ1v) is 13.1. The first-order valence-electron chi connectivity index (χ1n) is 9.25. The van der Waals surface area contributed by atoms with E-state index in [4.69, 9.17) is 0 Å². The van der Waals surface area contributed by atoms with Crippen molar-refractivity contribution in [2.45, 2.75) is 28.7 Å². The Balaban J connectivity index is 1.88. The van der Waals surface area contributed by atoms with Gasteiger partial charge < -0.3 is 5.32 Å². The molecule has 30 heavy (non-hydrogen) atoms. The molecule has 2 aromatic rings. The van der Waals surface area contributed by atoms with E-state index in [2.05, 4.69) is 10.0 Å². The van der Waals surface area contributed by atoms with Crippen LogP contribution in [-0.2, 0) is 14.8 Å². The van der Waals surface area contributed by atoms with Gasteiger partial charge in [0.2, 0.25) is 15.9 Å². The van der Waals surface area contributed by atoms with Crippen molar-refractivity contribution >= 4 is 39.5 Å². The summed E-state index contributed by atoms with van der Waals surface area (Å²) in [5.74, 6) is -0.330. The van der Waals surface area contributed by atoms with E-state index in [9.17, 15) is 22.0 Å².